The van der Waals surface area contributed by atoms with Crippen LogP contribution >= 0.6 is 22.6 Å². The average Bonchev–Trinajstić information content (AvgIpc) is 2.32. The van der Waals surface area contributed by atoms with E-state index in [4.69, 9.17) is 5.73 Å². The van der Waals surface area contributed by atoms with Crippen LogP contribution in [0.25, 0.3) is 11.4 Å². The first kappa shape index (κ1) is 14.2. The number of nitrogens with zero attached hydrogens (tertiary/aromatic N) is 2. The average molecular weight is 371 g/mol. The highest BCUT2D eigenvalue weighted by Gasteiger charge is 2.22. The lowest BCUT2D eigenvalue weighted by Gasteiger charge is -2.20. The van der Waals surface area contributed by atoms with Crippen LogP contribution in [0.4, 0.5) is 10.2 Å². The van der Waals surface area contributed by atoms with Gasteiger partial charge in [0.05, 0.1) is 9.26 Å². The van der Waals surface area contributed by atoms with Crippen molar-refractivity contribution in [3.63, 3.8) is 0 Å². The van der Waals surface area contributed by atoms with Crippen molar-refractivity contribution in [1.29, 1.82) is 0 Å². The fraction of sp³-hybridized carbons (Fsp3) is 0.286. The highest BCUT2D eigenvalue weighted by molar-refractivity contribution is 14.1. The second-order valence-corrected chi connectivity index (χ2v) is 6.43. The maximum atomic E-state index is 12.9. The van der Waals surface area contributed by atoms with Crippen LogP contribution in [-0.2, 0) is 5.41 Å². The molecule has 0 aliphatic rings. The molecule has 0 aliphatic heterocycles. The van der Waals surface area contributed by atoms with Crippen LogP contribution in [0.15, 0.2) is 24.3 Å². The van der Waals surface area contributed by atoms with Gasteiger partial charge in [0.2, 0.25) is 0 Å². The Labute approximate surface area is 125 Å². The Hall–Kier alpha value is -1.24. The van der Waals surface area contributed by atoms with E-state index in [-0.39, 0.29) is 11.2 Å². The molecule has 1 aromatic carbocycles. The van der Waals surface area contributed by atoms with Crippen molar-refractivity contribution in [3.8, 4) is 11.4 Å². The highest BCUT2D eigenvalue weighted by Crippen LogP contribution is 2.30. The number of halogens is 2. The van der Waals surface area contributed by atoms with Crippen LogP contribution < -0.4 is 5.73 Å². The van der Waals surface area contributed by atoms with E-state index in [1.807, 2.05) is 0 Å². The predicted molar refractivity (Wildman–Crippen MR) is 83.3 cm³/mol. The van der Waals surface area contributed by atoms with Crippen molar-refractivity contribution >= 4 is 28.4 Å². The highest BCUT2D eigenvalue weighted by atomic mass is 127. The van der Waals surface area contributed by atoms with Crippen molar-refractivity contribution in [2.45, 2.75) is 26.2 Å². The van der Waals surface area contributed by atoms with Crippen molar-refractivity contribution in [1.82, 2.24) is 9.97 Å². The summed E-state index contributed by atoms with van der Waals surface area (Å²) in [6, 6.07) is 6.10. The van der Waals surface area contributed by atoms with Crippen LogP contribution in [0.2, 0.25) is 0 Å². The van der Waals surface area contributed by atoms with E-state index in [0.717, 1.165) is 14.8 Å². The molecule has 0 atom stereocenters. The predicted octanol–water partition coefficient (Wildman–Crippen LogP) is 3.77. The third kappa shape index (κ3) is 3.02. The number of hydrogen-bond acceptors (Lipinski definition) is 3. The maximum absolute atomic E-state index is 12.9. The lowest BCUT2D eigenvalue weighted by Crippen LogP contribution is -2.18. The summed E-state index contributed by atoms with van der Waals surface area (Å²) in [6.07, 6.45) is 0. The number of hydrogen-bond donors (Lipinski definition) is 1. The van der Waals surface area contributed by atoms with Gasteiger partial charge in [-0.1, -0.05) is 20.8 Å². The largest absolute Gasteiger partial charge is 0.383 e. The van der Waals surface area contributed by atoms with Crippen LogP contribution in [-0.4, -0.2) is 9.97 Å². The molecular formula is C14H15FIN3. The molecule has 3 nitrogen and oxygen atoms in total. The summed E-state index contributed by atoms with van der Waals surface area (Å²) < 4.78 is 13.8. The Balaban J connectivity index is 2.60. The van der Waals surface area contributed by atoms with Gasteiger partial charge in [-0.15, -0.1) is 0 Å². The van der Waals surface area contributed by atoms with E-state index in [1.54, 1.807) is 12.1 Å². The monoisotopic (exact) mass is 371 g/mol. The number of rotatable bonds is 1. The van der Waals surface area contributed by atoms with Crippen molar-refractivity contribution in [2.24, 2.45) is 0 Å². The number of nitrogens with two attached hydrogens (primary N) is 1. The Bertz CT molecular complexity index is 603. The topological polar surface area (TPSA) is 51.8 Å². The Morgan fingerprint density at radius 1 is 1.11 bits per heavy atom. The summed E-state index contributed by atoms with van der Waals surface area (Å²) in [4.78, 5) is 8.87. The SMILES string of the molecule is CC(C)(C)c1nc(-c2ccc(F)cc2)nc(N)c1I. The number of benzene rings is 1. The van der Waals surface area contributed by atoms with Gasteiger partial charge < -0.3 is 5.73 Å². The van der Waals surface area contributed by atoms with Gasteiger partial charge in [0, 0.05) is 11.0 Å². The molecular weight excluding hydrogens is 356 g/mol. The zero-order valence-corrected chi connectivity index (χ0v) is 13.2. The fourth-order valence-corrected chi connectivity index (χ4v) is 2.74. The summed E-state index contributed by atoms with van der Waals surface area (Å²) in [6.45, 7) is 6.22. The molecule has 1 aromatic heterocycles. The molecule has 0 amide bonds. The quantitative estimate of drug-likeness (QED) is 0.777. The molecule has 1 heterocycles. The van der Waals surface area contributed by atoms with E-state index in [9.17, 15) is 4.39 Å². The summed E-state index contributed by atoms with van der Waals surface area (Å²) >= 11 is 2.16. The summed E-state index contributed by atoms with van der Waals surface area (Å²) in [5.74, 6) is 0.709. The zero-order chi connectivity index (χ0) is 14.2. The van der Waals surface area contributed by atoms with Gasteiger partial charge in [-0.25, -0.2) is 14.4 Å². The molecule has 0 saturated heterocycles. The summed E-state index contributed by atoms with van der Waals surface area (Å²) in [5, 5.41) is 0. The minimum Gasteiger partial charge on any atom is -0.383 e. The third-order valence-corrected chi connectivity index (χ3v) is 3.75. The Morgan fingerprint density at radius 3 is 2.21 bits per heavy atom. The van der Waals surface area contributed by atoms with E-state index < -0.39 is 0 Å². The molecule has 2 rings (SSSR count). The number of aromatic nitrogens is 2. The first-order valence-corrected chi connectivity index (χ1v) is 6.96. The Kier molecular flexibility index (Phi) is 3.75. The minimum absolute atomic E-state index is 0.123. The summed E-state index contributed by atoms with van der Waals surface area (Å²) in [5.41, 5.74) is 7.49. The van der Waals surface area contributed by atoms with E-state index >= 15 is 0 Å². The minimum atomic E-state index is -0.279. The number of nitrogen functional groups attached to an aromatic ring is 1. The standard InChI is InChI=1S/C14H15FIN3/c1-14(2,3)11-10(16)12(17)19-13(18-11)8-4-6-9(15)7-5-8/h4-7H,1-3H3,(H2,17,18,19). The van der Waals surface area contributed by atoms with Gasteiger partial charge in [-0.05, 0) is 46.9 Å². The first-order valence-electron chi connectivity index (χ1n) is 5.88. The van der Waals surface area contributed by atoms with Gasteiger partial charge in [0.25, 0.3) is 0 Å². The van der Waals surface area contributed by atoms with Gasteiger partial charge in [0.1, 0.15) is 11.6 Å². The van der Waals surface area contributed by atoms with Crippen molar-refractivity contribution < 1.29 is 4.39 Å². The molecule has 100 valence electrons. The van der Waals surface area contributed by atoms with Crippen LogP contribution in [0.5, 0.6) is 0 Å². The molecule has 2 aromatic rings. The van der Waals surface area contributed by atoms with Gasteiger partial charge in [0.15, 0.2) is 5.82 Å². The first-order chi connectivity index (χ1) is 8.79. The zero-order valence-electron chi connectivity index (χ0n) is 11.0. The van der Waals surface area contributed by atoms with Gasteiger partial charge >= 0.3 is 0 Å². The van der Waals surface area contributed by atoms with Crippen LogP contribution in [0, 0.1) is 9.39 Å². The lowest BCUT2D eigenvalue weighted by molar-refractivity contribution is 0.564. The van der Waals surface area contributed by atoms with E-state index in [0.29, 0.717) is 11.6 Å². The molecule has 19 heavy (non-hydrogen) atoms. The van der Waals surface area contributed by atoms with Crippen molar-refractivity contribution in [2.75, 3.05) is 5.73 Å². The normalized spacial score (nSPS) is 11.6. The lowest BCUT2D eigenvalue weighted by atomic mass is 9.92. The molecule has 0 bridgehead atoms. The van der Waals surface area contributed by atoms with Gasteiger partial charge in [-0.3, -0.25) is 0 Å². The molecule has 0 saturated carbocycles. The molecule has 5 heteroatoms. The molecule has 0 fully saturated rings. The molecule has 0 aliphatic carbocycles. The third-order valence-electron chi connectivity index (χ3n) is 2.69. The van der Waals surface area contributed by atoms with Crippen molar-refractivity contribution in [3.05, 3.63) is 39.3 Å². The van der Waals surface area contributed by atoms with Gasteiger partial charge in [-0.2, -0.15) is 0 Å². The molecule has 0 radical (unpaired) electrons. The van der Waals surface area contributed by atoms with Crippen LogP contribution in [0.3, 0.4) is 0 Å². The molecule has 2 N–H and O–H groups in total. The van der Waals surface area contributed by atoms with E-state index in [1.165, 1.54) is 12.1 Å². The molecule has 0 unspecified atom stereocenters. The summed E-state index contributed by atoms with van der Waals surface area (Å²) in [7, 11) is 0. The number of anilines is 1. The van der Waals surface area contributed by atoms with Crippen LogP contribution in [0.1, 0.15) is 26.5 Å². The smallest absolute Gasteiger partial charge is 0.161 e. The van der Waals surface area contributed by atoms with E-state index in [2.05, 4.69) is 53.3 Å². The maximum Gasteiger partial charge on any atom is 0.161 e. The Morgan fingerprint density at radius 2 is 1.68 bits per heavy atom. The second-order valence-electron chi connectivity index (χ2n) is 5.35. The molecule has 0 spiro atoms. The second kappa shape index (κ2) is 5.03. The fourth-order valence-electron chi connectivity index (χ4n) is 1.69.